The fraction of sp³-hybridized carbons (Fsp3) is 0.0909. The van der Waals surface area contributed by atoms with Gasteiger partial charge in [-0.3, -0.25) is 10.1 Å². The first-order valence-electron chi connectivity index (χ1n) is 4.64. The van der Waals surface area contributed by atoms with Gasteiger partial charge in [-0.05, 0) is 12.1 Å². The Bertz CT molecular complexity index is 574. The molecule has 2 rings (SSSR count). The van der Waals surface area contributed by atoms with Crippen LogP contribution in [0.1, 0.15) is 0 Å². The molecule has 4 nitrogen and oxygen atoms in total. The van der Waals surface area contributed by atoms with Crippen molar-refractivity contribution < 1.29 is 4.92 Å². The van der Waals surface area contributed by atoms with Crippen molar-refractivity contribution in [1.29, 1.82) is 0 Å². The van der Waals surface area contributed by atoms with E-state index in [-0.39, 0.29) is 5.69 Å². The number of nitrogens with zero attached hydrogens (tertiary/aromatic N) is 2. The van der Waals surface area contributed by atoms with Gasteiger partial charge in [0.15, 0.2) is 0 Å². The largest absolute Gasteiger partial charge is 0.342 e. The van der Waals surface area contributed by atoms with E-state index in [1.807, 2.05) is 16.8 Å². The minimum Gasteiger partial charge on any atom is -0.342 e. The van der Waals surface area contributed by atoms with Crippen LogP contribution in [0.5, 0.6) is 0 Å². The summed E-state index contributed by atoms with van der Waals surface area (Å²) in [4.78, 5) is 10.2. The Labute approximate surface area is 96.9 Å². The lowest BCUT2D eigenvalue weighted by Gasteiger charge is -2.02. The minimum atomic E-state index is -0.405. The zero-order valence-electron chi connectivity index (χ0n) is 8.39. The summed E-state index contributed by atoms with van der Waals surface area (Å²) in [5.41, 5.74) is 1.00. The fourth-order valence-electron chi connectivity index (χ4n) is 1.62. The molecule has 0 atom stereocenters. The summed E-state index contributed by atoms with van der Waals surface area (Å²) >= 11 is 5.73. The maximum atomic E-state index is 10.6. The molecule has 0 amide bonds. The molecular formula is C11H9ClN2O2. The average Bonchev–Trinajstić information content (AvgIpc) is 2.60. The number of aromatic nitrogens is 1. The molecule has 0 aliphatic carbocycles. The highest BCUT2D eigenvalue weighted by atomic mass is 35.5. The Balaban J connectivity index is 2.50. The molecule has 0 saturated carbocycles. The summed E-state index contributed by atoms with van der Waals surface area (Å²) in [5, 5.41) is 11.9. The molecule has 1 heterocycles. The second-order valence-corrected chi connectivity index (χ2v) is 4.00. The summed E-state index contributed by atoms with van der Waals surface area (Å²) in [7, 11) is 0. The lowest BCUT2D eigenvalue weighted by Crippen LogP contribution is -1.95. The Morgan fingerprint density at radius 1 is 1.50 bits per heavy atom. The Hall–Kier alpha value is -1.81. The van der Waals surface area contributed by atoms with E-state index >= 15 is 0 Å². The molecule has 2 aromatic rings. The van der Waals surface area contributed by atoms with Gasteiger partial charge in [0.2, 0.25) is 0 Å². The predicted molar refractivity (Wildman–Crippen MR) is 63.6 cm³/mol. The van der Waals surface area contributed by atoms with Crippen molar-refractivity contribution >= 4 is 28.2 Å². The van der Waals surface area contributed by atoms with Crippen LogP contribution >= 0.6 is 11.6 Å². The normalized spacial score (nSPS) is 10.6. The zero-order valence-corrected chi connectivity index (χ0v) is 9.15. The number of nitro benzene ring substituents is 1. The van der Waals surface area contributed by atoms with Gasteiger partial charge in [0, 0.05) is 34.3 Å². The fourth-order valence-corrected chi connectivity index (χ4v) is 1.75. The van der Waals surface area contributed by atoms with Gasteiger partial charge in [0.1, 0.15) is 0 Å². The molecule has 0 spiro atoms. The van der Waals surface area contributed by atoms with Crippen molar-refractivity contribution in [3.8, 4) is 0 Å². The number of nitro groups is 1. The first kappa shape index (κ1) is 10.7. The second-order valence-electron chi connectivity index (χ2n) is 3.46. The summed E-state index contributed by atoms with van der Waals surface area (Å²) in [6.07, 6.45) is 1.84. The third-order valence-electron chi connectivity index (χ3n) is 2.31. The molecule has 0 bridgehead atoms. The van der Waals surface area contributed by atoms with Gasteiger partial charge in [0.25, 0.3) is 5.69 Å². The molecule has 82 valence electrons. The van der Waals surface area contributed by atoms with E-state index in [4.69, 9.17) is 11.6 Å². The van der Waals surface area contributed by atoms with Gasteiger partial charge >= 0.3 is 0 Å². The number of hydrogen-bond donors (Lipinski definition) is 0. The van der Waals surface area contributed by atoms with Gasteiger partial charge in [-0.1, -0.05) is 18.2 Å². The Morgan fingerprint density at radius 3 is 2.88 bits per heavy atom. The van der Waals surface area contributed by atoms with Crippen molar-refractivity contribution in [2.45, 2.75) is 6.54 Å². The van der Waals surface area contributed by atoms with Crippen LogP contribution in [-0.4, -0.2) is 9.49 Å². The third-order valence-corrected chi connectivity index (χ3v) is 2.43. The second kappa shape index (κ2) is 3.98. The number of benzene rings is 1. The van der Waals surface area contributed by atoms with Crippen LogP contribution in [0.4, 0.5) is 5.69 Å². The molecule has 0 aliphatic heterocycles. The maximum Gasteiger partial charge on any atom is 0.270 e. The molecule has 1 aromatic heterocycles. The molecule has 0 radical (unpaired) electrons. The summed E-state index contributed by atoms with van der Waals surface area (Å²) in [5.74, 6) is 0. The van der Waals surface area contributed by atoms with E-state index in [1.54, 1.807) is 12.1 Å². The first-order valence-corrected chi connectivity index (χ1v) is 5.02. The molecule has 1 aromatic carbocycles. The van der Waals surface area contributed by atoms with E-state index in [0.29, 0.717) is 11.6 Å². The summed E-state index contributed by atoms with van der Waals surface area (Å²) < 4.78 is 1.90. The molecule has 0 aliphatic rings. The average molecular weight is 237 g/mol. The highest BCUT2D eigenvalue weighted by molar-refractivity contribution is 6.29. The van der Waals surface area contributed by atoms with E-state index in [9.17, 15) is 10.1 Å². The van der Waals surface area contributed by atoms with E-state index < -0.39 is 4.92 Å². The van der Waals surface area contributed by atoms with Crippen molar-refractivity contribution in [1.82, 2.24) is 4.57 Å². The van der Waals surface area contributed by atoms with Crippen LogP contribution in [0, 0.1) is 10.1 Å². The number of hydrogen-bond acceptors (Lipinski definition) is 2. The number of allylic oxidation sites excluding steroid dienone is 1. The molecule has 0 unspecified atom stereocenters. The summed E-state index contributed by atoms with van der Waals surface area (Å²) in [6.45, 7) is 4.12. The number of halogens is 1. The Morgan fingerprint density at radius 2 is 2.25 bits per heavy atom. The van der Waals surface area contributed by atoms with Crippen molar-refractivity contribution in [3.63, 3.8) is 0 Å². The minimum absolute atomic E-state index is 0.0925. The maximum absolute atomic E-state index is 10.6. The highest BCUT2D eigenvalue weighted by Gasteiger charge is 2.08. The van der Waals surface area contributed by atoms with Crippen LogP contribution in [0.25, 0.3) is 10.9 Å². The first-order chi connectivity index (χ1) is 7.58. The predicted octanol–water partition coefficient (Wildman–Crippen LogP) is 3.30. The highest BCUT2D eigenvalue weighted by Crippen LogP contribution is 2.22. The van der Waals surface area contributed by atoms with Gasteiger partial charge in [-0.2, -0.15) is 0 Å². The molecule has 16 heavy (non-hydrogen) atoms. The molecular weight excluding hydrogens is 228 g/mol. The van der Waals surface area contributed by atoms with Gasteiger partial charge < -0.3 is 4.57 Å². The SMILES string of the molecule is C=C(Cl)Cn1ccc2cc([N+](=O)[O-])ccc21. The molecule has 0 saturated heterocycles. The smallest absolute Gasteiger partial charge is 0.270 e. The number of non-ortho nitro benzene ring substituents is 1. The van der Waals surface area contributed by atoms with Crippen LogP contribution < -0.4 is 0 Å². The van der Waals surface area contributed by atoms with Gasteiger partial charge in [0.05, 0.1) is 11.5 Å². The molecule has 5 heteroatoms. The number of fused-ring (bicyclic) bond motifs is 1. The van der Waals surface area contributed by atoms with Crippen LogP contribution in [0.15, 0.2) is 42.1 Å². The monoisotopic (exact) mass is 236 g/mol. The van der Waals surface area contributed by atoms with Crippen LogP contribution in [-0.2, 0) is 6.54 Å². The van der Waals surface area contributed by atoms with E-state index in [1.165, 1.54) is 6.07 Å². The standard InChI is InChI=1S/C11H9ClN2O2/c1-8(12)7-13-5-4-9-6-10(14(15)16)2-3-11(9)13/h2-6H,1,7H2. The summed E-state index contributed by atoms with van der Waals surface area (Å²) in [6, 6.07) is 6.56. The quantitative estimate of drug-likeness (QED) is 0.606. The Kier molecular flexibility index (Phi) is 2.66. The van der Waals surface area contributed by atoms with Crippen LogP contribution in [0.2, 0.25) is 0 Å². The van der Waals surface area contributed by atoms with Crippen molar-refractivity contribution in [3.05, 3.63) is 52.2 Å². The van der Waals surface area contributed by atoms with Gasteiger partial charge in [-0.15, -0.1) is 0 Å². The molecule has 0 N–H and O–H groups in total. The number of rotatable bonds is 3. The van der Waals surface area contributed by atoms with E-state index in [2.05, 4.69) is 6.58 Å². The zero-order chi connectivity index (χ0) is 11.7. The lowest BCUT2D eigenvalue weighted by molar-refractivity contribution is -0.384. The van der Waals surface area contributed by atoms with Crippen molar-refractivity contribution in [2.24, 2.45) is 0 Å². The van der Waals surface area contributed by atoms with Gasteiger partial charge in [-0.25, -0.2) is 0 Å². The third kappa shape index (κ3) is 1.92. The van der Waals surface area contributed by atoms with E-state index in [0.717, 1.165) is 10.9 Å². The van der Waals surface area contributed by atoms with Crippen LogP contribution in [0.3, 0.4) is 0 Å². The van der Waals surface area contributed by atoms with Crippen molar-refractivity contribution in [2.75, 3.05) is 0 Å². The molecule has 0 fully saturated rings. The topological polar surface area (TPSA) is 48.1 Å². The lowest BCUT2D eigenvalue weighted by atomic mass is 10.2.